The van der Waals surface area contributed by atoms with Gasteiger partial charge in [0.2, 0.25) is 0 Å². The van der Waals surface area contributed by atoms with Crippen LogP contribution >= 0.6 is 11.6 Å². The van der Waals surface area contributed by atoms with E-state index in [0.717, 1.165) is 33.7 Å². The maximum atomic E-state index is 6.15. The van der Waals surface area contributed by atoms with Crippen LogP contribution in [0, 0.1) is 6.92 Å². The molecule has 86 valence electrons. The second-order valence-electron chi connectivity index (χ2n) is 4.01. The summed E-state index contributed by atoms with van der Waals surface area (Å²) in [5.74, 6) is 0.955. The van der Waals surface area contributed by atoms with Crippen molar-refractivity contribution in [2.45, 2.75) is 26.3 Å². The van der Waals surface area contributed by atoms with Gasteiger partial charge in [0, 0.05) is 5.39 Å². The minimum Gasteiger partial charge on any atom is -0.459 e. The molecule has 2 aromatic rings. The molecular weight excluding hydrogens is 222 g/mol. The van der Waals surface area contributed by atoms with E-state index in [-0.39, 0.29) is 6.04 Å². The third-order valence-electron chi connectivity index (χ3n) is 2.95. The molecule has 2 rings (SSSR count). The number of rotatable bonds is 3. The Hall–Kier alpha value is -0.990. The first-order valence-electron chi connectivity index (χ1n) is 5.53. The monoisotopic (exact) mass is 237 g/mol. The lowest BCUT2D eigenvalue weighted by atomic mass is 10.1. The zero-order valence-corrected chi connectivity index (χ0v) is 10.6. The molecule has 0 spiro atoms. The predicted molar refractivity (Wildman–Crippen MR) is 68.1 cm³/mol. The molecule has 2 nitrogen and oxygen atoms in total. The molecule has 1 N–H and O–H groups in total. The normalized spacial score (nSPS) is 13.2. The highest BCUT2D eigenvalue weighted by Crippen LogP contribution is 2.32. The molecule has 0 saturated carbocycles. The lowest BCUT2D eigenvalue weighted by Gasteiger charge is -2.09. The Morgan fingerprint density at radius 3 is 2.75 bits per heavy atom. The summed E-state index contributed by atoms with van der Waals surface area (Å²) in [6, 6.07) is 6.19. The van der Waals surface area contributed by atoms with Crippen LogP contribution in [-0.4, -0.2) is 7.05 Å². The Labute approximate surface area is 101 Å². The van der Waals surface area contributed by atoms with Crippen molar-refractivity contribution in [1.29, 1.82) is 0 Å². The van der Waals surface area contributed by atoms with E-state index in [1.807, 2.05) is 32.2 Å². The highest BCUT2D eigenvalue weighted by molar-refractivity contribution is 6.35. The van der Waals surface area contributed by atoms with Gasteiger partial charge in [0.15, 0.2) is 0 Å². The molecule has 0 aliphatic carbocycles. The molecule has 0 amide bonds. The molecular formula is C13H16ClNO. The van der Waals surface area contributed by atoms with E-state index >= 15 is 0 Å². The smallest absolute Gasteiger partial charge is 0.138 e. The highest BCUT2D eigenvalue weighted by Gasteiger charge is 2.15. The fraction of sp³-hybridized carbons (Fsp3) is 0.385. The van der Waals surface area contributed by atoms with E-state index in [9.17, 15) is 0 Å². The summed E-state index contributed by atoms with van der Waals surface area (Å²) in [5.41, 5.74) is 2.02. The van der Waals surface area contributed by atoms with E-state index in [1.165, 1.54) is 0 Å². The van der Waals surface area contributed by atoms with Gasteiger partial charge in [-0.05, 0) is 38.1 Å². The van der Waals surface area contributed by atoms with Gasteiger partial charge in [0.05, 0.1) is 11.1 Å². The first-order chi connectivity index (χ1) is 7.67. The van der Waals surface area contributed by atoms with Gasteiger partial charge in [-0.1, -0.05) is 24.6 Å². The quantitative estimate of drug-likeness (QED) is 0.871. The van der Waals surface area contributed by atoms with Crippen LogP contribution in [-0.2, 0) is 0 Å². The first kappa shape index (κ1) is 11.5. The maximum Gasteiger partial charge on any atom is 0.138 e. The Morgan fingerprint density at radius 1 is 1.44 bits per heavy atom. The second-order valence-corrected chi connectivity index (χ2v) is 4.41. The lowest BCUT2D eigenvalue weighted by molar-refractivity contribution is 0.443. The Morgan fingerprint density at radius 2 is 2.19 bits per heavy atom. The first-order valence-corrected chi connectivity index (χ1v) is 5.91. The van der Waals surface area contributed by atoms with Crippen LogP contribution in [0.1, 0.15) is 30.7 Å². The Balaban J connectivity index is 2.59. The summed E-state index contributed by atoms with van der Waals surface area (Å²) < 4.78 is 5.88. The summed E-state index contributed by atoms with van der Waals surface area (Å²) in [6.45, 7) is 4.16. The third kappa shape index (κ3) is 1.83. The van der Waals surface area contributed by atoms with Gasteiger partial charge in [-0.2, -0.15) is 0 Å². The minimum atomic E-state index is 0.253. The zero-order chi connectivity index (χ0) is 11.7. The molecule has 0 saturated heterocycles. The number of benzene rings is 1. The number of halogens is 1. The standard InChI is InChI=1S/C13H16ClNO/c1-4-11(15-3)12-7-9-10(14)6-5-8(2)13(9)16-12/h5-7,11,15H,4H2,1-3H3. The topological polar surface area (TPSA) is 25.2 Å². The van der Waals surface area contributed by atoms with E-state index in [0.29, 0.717) is 0 Å². The van der Waals surface area contributed by atoms with Crippen molar-refractivity contribution in [2.24, 2.45) is 0 Å². The SMILES string of the molecule is CCC(NC)c1cc2c(Cl)ccc(C)c2o1. The summed E-state index contributed by atoms with van der Waals surface area (Å²) in [5, 5.41) is 4.99. The van der Waals surface area contributed by atoms with Crippen LogP contribution in [0.3, 0.4) is 0 Å². The van der Waals surface area contributed by atoms with Gasteiger partial charge in [0.25, 0.3) is 0 Å². The number of fused-ring (bicyclic) bond motifs is 1. The molecule has 1 heterocycles. The molecule has 3 heteroatoms. The summed E-state index contributed by atoms with van der Waals surface area (Å²) >= 11 is 6.15. The van der Waals surface area contributed by atoms with Crippen molar-refractivity contribution in [3.05, 3.63) is 34.5 Å². The van der Waals surface area contributed by atoms with Gasteiger partial charge in [-0.15, -0.1) is 0 Å². The summed E-state index contributed by atoms with van der Waals surface area (Å²) in [6.07, 6.45) is 0.993. The number of aryl methyl sites for hydroxylation is 1. The van der Waals surface area contributed by atoms with Crippen LogP contribution in [0.15, 0.2) is 22.6 Å². The van der Waals surface area contributed by atoms with Gasteiger partial charge in [-0.25, -0.2) is 0 Å². The van der Waals surface area contributed by atoms with Gasteiger partial charge < -0.3 is 9.73 Å². The number of hydrogen-bond acceptors (Lipinski definition) is 2. The predicted octanol–water partition coefficient (Wildman–Crippen LogP) is 4.07. The zero-order valence-electron chi connectivity index (χ0n) is 9.80. The van der Waals surface area contributed by atoms with Crippen LogP contribution < -0.4 is 5.32 Å². The van der Waals surface area contributed by atoms with Gasteiger partial charge in [-0.3, -0.25) is 0 Å². The van der Waals surface area contributed by atoms with E-state index in [4.69, 9.17) is 16.0 Å². The van der Waals surface area contributed by atoms with Crippen molar-refractivity contribution in [1.82, 2.24) is 5.32 Å². The maximum absolute atomic E-state index is 6.15. The van der Waals surface area contributed by atoms with Gasteiger partial charge in [0.1, 0.15) is 11.3 Å². The molecule has 0 fully saturated rings. The van der Waals surface area contributed by atoms with Crippen molar-refractivity contribution < 1.29 is 4.42 Å². The lowest BCUT2D eigenvalue weighted by Crippen LogP contribution is -2.14. The number of nitrogens with one attached hydrogen (secondary N) is 1. The fourth-order valence-electron chi connectivity index (χ4n) is 1.96. The largest absolute Gasteiger partial charge is 0.459 e. The van der Waals surface area contributed by atoms with Crippen molar-refractivity contribution in [3.8, 4) is 0 Å². The van der Waals surface area contributed by atoms with Gasteiger partial charge >= 0.3 is 0 Å². The molecule has 16 heavy (non-hydrogen) atoms. The summed E-state index contributed by atoms with van der Waals surface area (Å²) in [7, 11) is 1.94. The van der Waals surface area contributed by atoms with E-state index in [1.54, 1.807) is 0 Å². The Kier molecular flexibility index (Phi) is 3.22. The van der Waals surface area contributed by atoms with Crippen LogP contribution in [0.25, 0.3) is 11.0 Å². The van der Waals surface area contributed by atoms with Crippen molar-refractivity contribution in [3.63, 3.8) is 0 Å². The average molecular weight is 238 g/mol. The minimum absolute atomic E-state index is 0.253. The number of furan rings is 1. The molecule has 1 aromatic carbocycles. The molecule has 0 aliphatic rings. The molecule has 0 radical (unpaired) electrons. The second kappa shape index (κ2) is 4.48. The molecule has 1 atom stereocenters. The third-order valence-corrected chi connectivity index (χ3v) is 3.28. The van der Waals surface area contributed by atoms with E-state index < -0.39 is 0 Å². The van der Waals surface area contributed by atoms with Crippen LogP contribution in [0.4, 0.5) is 0 Å². The van der Waals surface area contributed by atoms with Crippen molar-refractivity contribution >= 4 is 22.6 Å². The van der Waals surface area contributed by atoms with E-state index in [2.05, 4.69) is 12.2 Å². The molecule has 1 unspecified atom stereocenters. The number of hydrogen-bond donors (Lipinski definition) is 1. The van der Waals surface area contributed by atoms with Crippen molar-refractivity contribution in [2.75, 3.05) is 7.05 Å². The van der Waals surface area contributed by atoms with Crippen LogP contribution in [0.5, 0.6) is 0 Å². The average Bonchev–Trinajstić information content (AvgIpc) is 2.71. The Bertz CT molecular complexity index is 461. The highest BCUT2D eigenvalue weighted by atomic mass is 35.5. The molecule has 0 aliphatic heterocycles. The molecule has 1 aromatic heterocycles. The fourth-order valence-corrected chi connectivity index (χ4v) is 2.17. The summed E-state index contributed by atoms with van der Waals surface area (Å²) in [4.78, 5) is 0. The van der Waals surface area contributed by atoms with Crippen LogP contribution in [0.2, 0.25) is 5.02 Å². The molecule has 0 bridgehead atoms.